The molecule has 1 heterocycles. The van der Waals surface area contributed by atoms with E-state index in [1.807, 2.05) is 13.8 Å². The van der Waals surface area contributed by atoms with E-state index in [1.54, 1.807) is 49.6 Å². The van der Waals surface area contributed by atoms with Gasteiger partial charge in [0.25, 0.3) is 11.7 Å². The van der Waals surface area contributed by atoms with Gasteiger partial charge in [0, 0.05) is 19.2 Å². The second-order valence-corrected chi connectivity index (χ2v) is 7.17. The Hall–Kier alpha value is -3.32. The fraction of sp³-hybridized carbons (Fsp3) is 0.333. The Morgan fingerprint density at radius 1 is 1.10 bits per heavy atom. The fourth-order valence-corrected chi connectivity index (χ4v) is 3.74. The molecule has 0 saturated carbocycles. The van der Waals surface area contributed by atoms with Crippen LogP contribution in [0.5, 0.6) is 11.5 Å². The molecule has 0 radical (unpaired) electrons. The minimum absolute atomic E-state index is 0.0508. The molecule has 1 aliphatic heterocycles. The van der Waals surface area contributed by atoms with Crippen molar-refractivity contribution < 1.29 is 28.9 Å². The number of carbonyl (C=O) groups is 2. The van der Waals surface area contributed by atoms with Crippen molar-refractivity contribution in [3.63, 3.8) is 0 Å². The quantitative estimate of drug-likeness (QED) is 0.396. The lowest BCUT2D eigenvalue weighted by molar-refractivity contribution is -0.140. The second kappa shape index (κ2) is 9.66. The van der Waals surface area contributed by atoms with E-state index in [0.717, 1.165) is 5.56 Å². The standard InChI is InChI=1S/C24H27NO6/c1-5-31-18-9-6-16(7-10-18)21-20(23(27)24(28)25(21)12-13-29-3)22(26)17-8-11-19(30-4)15(2)14-17/h6-11,14,21,26H,5,12-13H2,1-4H3. The fourth-order valence-electron chi connectivity index (χ4n) is 3.74. The van der Waals surface area contributed by atoms with Crippen molar-refractivity contribution in [2.24, 2.45) is 0 Å². The Kier molecular flexibility index (Phi) is 6.97. The van der Waals surface area contributed by atoms with Gasteiger partial charge in [-0.1, -0.05) is 12.1 Å². The van der Waals surface area contributed by atoms with Crippen molar-refractivity contribution >= 4 is 17.4 Å². The molecule has 3 rings (SSSR count). The molecule has 1 atom stereocenters. The number of nitrogens with zero attached hydrogens (tertiary/aromatic N) is 1. The maximum Gasteiger partial charge on any atom is 0.295 e. The van der Waals surface area contributed by atoms with Gasteiger partial charge in [-0.05, 0) is 55.3 Å². The van der Waals surface area contributed by atoms with E-state index in [0.29, 0.717) is 29.2 Å². The second-order valence-electron chi connectivity index (χ2n) is 7.17. The SMILES string of the molecule is CCOc1ccc(C2C(=C(O)c3ccc(OC)c(C)c3)C(=O)C(=O)N2CCOC)cc1. The Morgan fingerprint density at radius 3 is 2.39 bits per heavy atom. The number of hydrogen-bond acceptors (Lipinski definition) is 6. The van der Waals surface area contributed by atoms with Gasteiger partial charge in [-0.15, -0.1) is 0 Å². The van der Waals surface area contributed by atoms with Crippen molar-refractivity contribution in [2.75, 3.05) is 34.0 Å². The highest BCUT2D eigenvalue weighted by atomic mass is 16.5. The number of aliphatic hydroxyl groups is 1. The third kappa shape index (κ3) is 4.41. The maximum absolute atomic E-state index is 13.0. The van der Waals surface area contributed by atoms with Crippen LogP contribution in [-0.2, 0) is 14.3 Å². The molecule has 7 heteroatoms. The Labute approximate surface area is 181 Å². The topological polar surface area (TPSA) is 85.3 Å². The first-order chi connectivity index (χ1) is 14.9. The average Bonchev–Trinajstić information content (AvgIpc) is 3.02. The van der Waals surface area contributed by atoms with Gasteiger partial charge in [-0.25, -0.2) is 0 Å². The zero-order valence-electron chi connectivity index (χ0n) is 18.2. The van der Waals surface area contributed by atoms with E-state index < -0.39 is 17.7 Å². The molecule has 7 nitrogen and oxygen atoms in total. The number of methoxy groups -OCH3 is 2. The molecule has 1 unspecified atom stereocenters. The Bertz CT molecular complexity index is 996. The molecule has 1 N–H and O–H groups in total. The van der Waals surface area contributed by atoms with E-state index in [-0.39, 0.29) is 24.5 Å². The zero-order valence-corrected chi connectivity index (χ0v) is 18.2. The molecule has 2 aromatic carbocycles. The molecule has 1 fully saturated rings. The molecule has 1 saturated heterocycles. The maximum atomic E-state index is 13.0. The molecular weight excluding hydrogens is 398 g/mol. The van der Waals surface area contributed by atoms with Crippen molar-refractivity contribution in [2.45, 2.75) is 19.9 Å². The molecule has 0 spiro atoms. The summed E-state index contributed by atoms with van der Waals surface area (Å²) in [5.74, 6) is -0.252. The van der Waals surface area contributed by atoms with Crippen molar-refractivity contribution in [3.8, 4) is 11.5 Å². The summed E-state index contributed by atoms with van der Waals surface area (Å²) in [7, 11) is 3.09. The number of carbonyl (C=O) groups excluding carboxylic acids is 2. The van der Waals surface area contributed by atoms with Gasteiger partial charge in [-0.2, -0.15) is 0 Å². The van der Waals surface area contributed by atoms with E-state index in [2.05, 4.69) is 0 Å². The average molecular weight is 425 g/mol. The number of rotatable bonds is 8. The van der Waals surface area contributed by atoms with Crippen LogP contribution in [0.2, 0.25) is 0 Å². The van der Waals surface area contributed by atoms with Crippen LogP contribution >= 0.6 is 0 Å². The van der Waals surface area contributed by atoms with Crippen molar-refractivity contribution in [1.82, 2.24) is 4.90 Å². The summed E-state index contributed by atoms with van der Waals surface area (Å²) in [6.07, 6.45) is 0. The van der Waals surface area contributed by atoms with E-state index in [9.17, 15) is 14.7 Å². The highest BCUT2D eigenvalue weighted by Crippen LogP contribution is 2.40. The molecule has 164 valence electrons. The number of aliphatic hydroxyl groups excluding tert-OH is 1. The Morgan fingerprint density at radius 2 is 1.81 bits per heavy atom. The summed E-state index contributed by atoms with van der Waals surface area (Å²) < 4.78 is 15.9. The summed E-state index contributed by atoms with van der Waals surface area (Å²) in [4.78, 5) is 27.2. The minimum atomic E-state index is -0.728. The van der Waals surface area contributed by atoms with Crippen molar-refractivity contribution in [1.29, 1.82) is 0 Å². The number of ketones is 1. The lowest BCUT2D eigenvalue weighted by Crippen LogP contribution is -2.32. The lowest BCUT2D eigenvalue weighted by atomic mass is 9.94. The van der Waals surface area contributed by atoms with Crippen LogP contribution in [0, 0.1) is 6.92 Å². The molecule has 2 aromatic rings. The van der Waals surface area contributed by atoms with E-state index in [4.69, 9.17) is 14.2 Å². The molecular formula is C24H27NO6. The normalized spacial score (nSPS) is 17.8. The van der Waals surface area contributed by atoms with Crippen LogP contribution in [0.15, 0.2) is 48.0 Å². The minimum Gasteiger partial charge on any atom is -0.507 e. The highest BCUT2D eigenvalue weighted by molar-refractivity contribution is 6.46. The van der Waals surface area contributed by atoms with Gasteiger partial charge in [-0.3, -0.25) is 9.59 Å². The largest absolute Gasteiger partial charge is 0.507 e. The summed E-state index contributed by atoms with van der Waals surface area (Å²) in [5, 5.41) is 11.1. The molecule has 1 amide bonds. The number of amides is 1. The molecule has 31 heavy (non-hydrogen) atoms. The van der Waals surface area contributed by atoms with Gasteiger partial charge >= 0.3 is 0 Å². The highest BCUT2D eigenvalue weighted by Gasteiger charge is 2.45. The smallest absolute Gasteiger partial charge is 0.295 e. The lowest BCUT2D eigenvalue weighted by Gasteiger charge is -2.25. The van der Waals surface area contributed by atoms with Gasteiger partial charge in [0.15, 0.2) is 0 Å². The third-order valence-corrected chi connectivity index (χ3v) is 5.25. The number of aryl methyl sites for hydroxylation is 1. The first kappa shape index (κ1) is 22.4. The van der Waals surface area contributed by atoms with Crippen LogP contribution in [0.25, 0.3) is 5.76 Å². The first-order valence-electron chi connectivity index (χ1n) is 10.1. The van der Waals surface area contributed by atoms with Crippen LogP contribution in [0.4, 0.5) is 0 Å². The van der Waals surface area contributed by atoms with Crippen LogP contribution < -0.4 is 9.47 Å². The first-order valence-corrected chi connectivity index (χ1v) is 10.1. The third-order valence-electron chi connectivity index (χ3n) is 5.25. The summed E-state index contributed by atoms with van der Waals surface area (Å²) in [6.45, 7) is 4.75. The monoisotopic (exact) mass is 425 g/mol. The number of ether oxygens (including phenoxy) is 3. The van der Waals surface area contributed by atoms with Crippen LogP contribution in [0.3, 0.4) is 0 Å². The van der Waals surface area contributed by atoms with Crippen LogP contribution in [-0.4, -0.2) is 55.7 Å². The van der Waals surface area contributed by atoms with Crippen LogP contribution in [0.1, 0.15) is 29.7 Å². The summed E-state index contributed by atoms with van der Waals surface area (Å²) in [6, 6.07) is 11.6. The van der Waals surface area contributed by atoms with Crippen molar-refractivity contribution in [3.05, 3.63) is 64.7 Å². The predicted molar refractivity (Wildman–Crippen MR) is 116 cm³/mol. The van der Waals surface area contributed by atoms with Gasteiger partial charge in [0.2, 0.25) is 0 Å². The molecule has 0 bridgehead atoms. The predicted octanol–water partition coefficient (Wildman–Crippen LogP) is 3.47. The summed E-state index contributed by atoms with van der Waals surface area (Å²) in [5.41, 5.74) is 2.00. The van der Waals surface area contributed by atoms with Gasteiger partial charge in [0.1, 0.15) is 17.3 Å². The molecule has 1 aliphatic rings. The number of benzene rings is 2. The van der Waals surface area contributed by atoms with E-state index >= 15 is 0 Å². The number of likely N-dealkylation sites (tertiary alicyclic amines) is 1. The number of Topliss-reactive ketones (excluding diaryl/α,β-unsaturated/α-hetero) is 1. The number of hydrogen-bond donors (Lipinski definition) is 1. The molecule has 0 aromatic heterocycles. The molecule has 0 aliphatic carbocycles. The van der Waals surface area contributed by atoms with Gasteiger partial charge in [0.05, 0.1) is 31.9 Å². The van der Waals surface area contributed by atoms with Gasteiger partial charge < -0.3 is 24.2 Å². The zero-order chi connectivity index (χ0) is 22.5. The van der Waals surface area contributed by atoms with E-state index in [1.165, 1.54) is 12.0 Å². The summed E-state index contributed by atoms with van der Waals surface area (Å²) >= 11 is 0. The Balaban J connectivity index is 2.12.